The maximum absolute atomic E-state index is 12.0. The average Bonchev–Trinajstić information content (AvgIpc) is 2.85. The highest BCUT2D eigenvalue weighted by Gasteiger charge is 2.11. The quantitative estimate of drug-likeness (QED) is 0.763. The molecule has 20 heavy (non-hydrogen) atoms. The first kappa shape index (κ1) is 14.6. The Labute approximate surface area is 119 Å². The lowest BCUT2D eigenvalue weighted by molar-refractivity contribution is 0.0927. The molecule has 3 N–H and O–H groups in total. The summed E-state index contributed by atoms with van der Waals surface area (Å²) in [6.45, 7) is 3.44. The summed E-state index contributed by atoms with van der Waals surface area (Å²) >= 11 is 0. The molecule has 0 spiro atoms. The zero-order chi connectivity index (χ0) is 14.4. The second-order valence-electron chi connectivity index (χ2n) is 5.11. The Bertz CT molecular complexity index is 575. The molecule has 0 saturated carbocycles. The Hall–Kier alpha value is -1.81. The molecule has 108 valence electrons. The molecule has 0 atom stereocenters. The summed E-state index contributed by atoms with van der Waals surface area (Å²) in [5.41, 5.74) is 7.34. The first-order chi connectivity index (χ1) is 9.70. The van der Waals surface area contributed by atoms with Crippen LogP contribution in [0.25, 0.3) is 11.0 Å². The second-order valence-corrected chi connectivity index (χ2v) is 5.11. The van der Waals surface area contributed by atoms with Gasteiger partial charge in [-0.05, 0) is 44.5 Å². The average molecular weight is 274 g/mol. The van der Waals surface area contributed by atoms with Crippen LogP contribution in [0.1, 0.15) is 41.8 Å². The van der Waals surface area contributed by atoms with Gasteiger partial charge in [0.25, 0.3) is 5.91 Å². The van der Waals surface area contributed by atoms with E-state index in [-0.39, 0.29) is 5.91 Å². The Morgan fingerprint density at radius 2 is 2.00 bits per heavy atom. The molecule has 0 radical (unpaired) electrons. The van der Waals surface area contributed by atoms with Crippen molar-refractivity contribution in [3.63, 3.8) is 0 Å². The minimum Gasteiger partial charge on any atom is -0.451 e. The largest absolute Gasteiger partial charge is 0.451 e. The molecule has 0 aliphatic rings. The van der Waals surface area contributed by atoms with Gasteiger partial charge in [0.05, 0.1) is 0 Å². The van der Waals surface area contributed by atoms with Crippen LogP contribution in [0.15, 0.2) is 28.7 Å². The van der Waals surface area contributed by atoms with Crippen molar-refractivity contribution >= 4 is 16.9 Å². The van der Waals surface area contributed by atoms with E-state index in [1.165, 1.54) is 0 Å². The molecule has 1 heterocycles. The summed E-state index contributed by atoms with van der Waals surface area (Å²) in [7, 11) is 0. The molecule has 2 aromatic rings. The summed E-state index contributed by atoms with van der Waals surface area (Å²) in [6.07, 6.45) is 4.25. The first-order valence-electron chi connectivity index (χ1n) is 7.19. The van der Waals surface area contributed by atoms with Crippen molar-refractivity contribution in [3.05, 3.63) is 35.6 Å². The van der Waals surface area contributed by atoms with E-state index < -0.39 is 0 Å². The zero-order valence-electron chi connectivity index (χ0n) is 11.9. The Balaban J connectivity index is 1.85. The number of nitrogens with one attached hydrogen (secondary N) is 1. The molecule has 1 aromatic carbocycles. The van der Waals surface area contributed by atoms with Gasteiger partial charge in [-0.1, -0.05) is 24.5 Å². The Morgan fingerprint density at radius 1 is 1.20 bits per heavy atom. The summed E-state index contributed by atoms with van der Waals surface area (Å²) in [5, 5.41) is 3.86. The van der Waals surface area contributed by atoms with Gasteiger partial charge in [0, 0.05) is 11.9 Å². The van der Waals surface area contributed by atoms with E-state index in [0.717, 1.165) is 48.8 Å². The molecule has 0 aliphatic heterocycles. The predicted molar refractivity (Wildman–Crippen MR) is 80.8 cm³/mol. The lowest BCUT2D eigenvalue weighted by Crippen LogP contribution is -2.23. The lowest BCUT2D eigenvalue weighted by Gasteiger charge is -2.02. The van der Waals surface area contributed by atoms with Crippen molar-refractivity contribution in [2.24, 2.45) is 5.73 Å². The van der Waals surface area contributed by atoms with Gasteiger partial charge < -0.3 is 15.5 Å². The maximum atomic E-state index is 12.0. The summed E-state index contributed by atoms with van der Waals surface area (Å²) < 4.78 is 5.55. The van der Waals surface area contributed by atoms with Gasteiger partial charge >= 0.3 is 0 Å². The molecule has 2 rings (SSSR count). The number of unbranched alkanes of at least 4 members (excludes halogenated alkanes) is 3. The number of rotatable bonds is 7. The van der Waals surface area contributed by atoms with Gasteiger partial charge in [-0.2, -0.15) is 0 Å². The van der Waals surface area contributed by atoms with Crippen molar-refractivity contribution in [3.8, 4) is 0 Å². The van der Waals surface area contributed by atoms with E-state index >= 15 is 0 Å². The monoisotopic (exact) mass is 274 g/mol. The summed E-state index contributed by atoms with van der Waals surface area (Å²) in [5.74, 6) is 0.241. The molecule has 0 unspecified atom stereocenters. The van der Waals surface area contributed by atoms with E-state index in [1.807, 2.05) is 25.1 Å². The van der Waals surface area contributed by atoms with Gasteiger partial charge in [0.1, 0.15) is 5.58 Å². The van der Waals surface area contributed by atoms with Gasteiger partial charge in [0.2, 0.25) is 0 Å². The van der Waals surface area contributed by atoms with E-state index in [1.54, 1.807) is 6.07 Å². The highest BCUT2D eigenvalue weighted by Crippen LogP contribution is 2.20. The summed E-state index contributed by atoms with van der Waals surface area (Å²) in [4.78, 5) is 12.0. The Morgan fingerprint density at radius 3 is 2.80 bits per heavy atom. The first-order valence-corrected chi connectivity index (χ1v) is 7.19. The molecule has 0 bridgehead atoms. The highest BCUT2D eigenvalue weighted by molar-refractivity contribution is 5.96. The molecule has 0 fully saturated rings. The topological polar surface area (TPSA) is 68.3 Å². The molecule has 4 heteroatoms. The van der Waals surface area contributed by atoms with Crippen molar-refractivity contribution in [1.29, 1.82) is 0 Å². The van der Waals surface area contributed by atoms with Crippen molar-refractivity contribution < 1.29 is 9.21 Å². The number of carbonyl (C=O) groups is 1. The zero-order valence-corrected chi connectivity index (χ0v) is 11.9. The molecular weight excluding hydrogens is 252 g/mol. The maximum Gasteiger partial charge on any atom is 0.287 e. The second kappa shape index (κ2) is 7.10. The van der Waals surface area contributed by atoms with Crippen LogP contribution in [0.5, 0.6) is 0 Å². The van der Waals surface area contributed by atoms with Crippen molar-refractivity contribution in [1.82, 2.24) is 5.32 Å². The number of benzene rings is 1. The molecule has 1 aromatic heterocycles. The van der Waals surface area contributed by atoms with Crippen LogP contribution in [0, 0.1) is 6.92 Å². The number of hydrogen-bond acceptors (Lipinski definition) is 3. The van der Waals surface area contributed by atoms with Crippen LogP contribution in [-0.2, 0) is 0 Å². The fourth-order valence-electron chi connectivity index (χ4n) is 2.19. The van der Waals surface area contributed by atoms with Crippen molar-refractivity contribution in [2.75, 3.05) is 13.1 Å². The van der Waals surface area contributed by atoms with Crippen LogP contribution in [0.4, 0.5) is 0 Å². The number of nitrogens with two attached hydrogens (primary N) is 1. The lowest BCUT2D eigenvalue weighted by atomic mass is 10.2. The van der Waals surface area contributed by atoms with Crippen molar-refractivity contribution in [2.45, 2.75) is 32.6 Å². The van der Waals surface area contributed by atoms with Gasteiger partial charge in [-0.25, -0.2) is 0 Å². The number of fused-ring (bicyclic) bond motifs is 1. The van der Waals surface area contributed by atoms with Gasteiger partial charge in [-0.15, -0.1) is 0 Å². The van der Waals surface area contributed by atoms with Crippen LogP contribution in [0.3, 0.4) is 0 Å². The third kappa shape index (κ3) is 3.84. The van der Waals surface area contributed by atoms with E-state index in [9.17, 15) is 4.79 Å². The molecule has 4 nitrogen and oxygen atoms in total. The molecule has 1 amide bonds. The number of furan rings is 1. The third-order valence-electron chi connectivity index (χ3n) is 3.31. The smallest absolute Gasteiger partial charge is 0.287 e. The molecule has 0 aliphatic carbocycles. The number of carbonyl (C=O) groups excluding carboxylic acids is 1. The minimum absolute atomic E-state index is 0.141. The fraction of sp³-hybridized carbons (Fsp3) is 0.438. The highest BCUT2D eigenvalue weighted by atomic mass is 16.3. The SMILES string of the molecule is Cc1ccc2oc(C(=O)NCCCCCCN)cc2c1. The van der Waals surface area contributed by atoms with E-state index in [4.69, 9.17) is 10.2 Å². The van der Waals surface area contributed by atoms with Crippen LogP contribution >= 0.6 is 0 Å². The standard InChI is InChI=1S/C16H22N2O2/c1-12-6-7-14-13(10-12)11-15(20-14)16(19)18-9-5-3-2-4-8-17/h6-7,10-11H,2-5,8-9,17H2,1H3,(H,18,19). The van der Waals surface area contributed by atoms with Crippen LogP contribution < -0.4 is 11.1 Å². The number of hydrogen-bond donors (Lipinski definition) is 2. The minimum atomic E-state index is -0.141. The number of amides is 1. The van der Waals surface area contributed by atoms with Gasteiger partial charge in [0.15, 0.2) is 5.76 Å². The molecule has 0 saturated heterocycles. The fourth-order valence-corrected chi connectivity index (χ4v) is 2.19. The summed E-state index contributed by atoms with van der Waals surface area (Å²) in [6, 6.07) is 7.69. The van der Waals surface area contributed by atoms with E-state index in [0.29, 0.717) is 12.3 Å². The predicted octanol–water partition coefficient (Wildman–Crippen LogP) is 2.99. The third-order valence-corrected chi connectivity index (χ3v) is 3.31. The normalized spacial score (nSPS) is 10.9. The molecular formula is C16H22N2O2. The van der Waals surface area contributed by atoms with E-state index in [2.05, 4.69) is 5.32 Å². The van der Waals surface area contributed by atoms with Gasteiger partial charge in [-0.3, -0.25) is 4.79 Å². The van der Waals surface area contributed by atoms with Crippen LogP contribution in [-0.4, -0.2) is 19.0 Å². The van der Waals surface area contributed by atoms with Crippen LogP contribution in [0.2, 0.25) is 0 Å². The Kier molecular flexibility index (Phi) is 5.18. The number of aryl methyl sites for hydroxylation is 1.